The molecule has 2 rings (SSSR count). The molecule has 1 aliphatic heterocycles. The number of benzene rings is 1. The zero-order chi connectivity index (χ0) is 11.8. The van der Waals surface area contributed by atoms with Crippen molar-refractivity contribution < 1.29 is 14.2 Å². The minimum atomic E-state index is -0.313. The molecule has 0 amide bonds. The lowest BCUT2D eigenvalue weighted by molar-refractivity contribution is 0.151. The number of hydrogen-bond donors (Lipinski definition) is 0. The van der Waals surface area contributed by atoms with E-state index in [1.165, 1.54) is 0 Å². The van der Waals surface area contributed by atoms with Crippen molar-refractivity contribution in [3.05, 3.63) is 23.8 Å². The maximum atomic E-state index is 5.89. The molecule has 1 aliphatic rings. The lowest BCUT2D eigenvalue weighted by Gasteiger charge is -2.29. The number of methoxy groups -OCH3 is 2. The number of rotatable bonds is 2. The fraction of sp³-hybridized carbons (Fsp3) is 0.385. The first-order valence-corrected chi connectivity index (χ1v) is 5.20. The van der Waals surface area contributed by atoms with E-state index in [0.29, 0.717) is 0 Å². The third-order valence-electron chi connectivity index (χ3n) is 2.58. The van der Waals surface area contributed by atoms with Crippen molar-refractivity contribution in [3.63, 3.8) is 0 Å². The van der Waals surface area contributed by atoms with Crippen LogP contribution in [-0.4, -0.2) is 19.8 Å². The minimum Gasteiger partial charge on any atom is -0.496 e. The van der Waals surface area contributed by atoms with E-state index >= 15 is 0 Å². The lowest BCUT2D eigenvalue weighted by atomic mass is 10.0. The zero-order valence-electron chi connectivity index (χ0n) is 10.0. The quantitative estimate of drug-likeness (QED) is 0.767. The number of ether oxygens (including phenoxy) is 3. The molecule has 0 atom stereocenters. The predicted octanol–water partition coefficient (Wildman–Crippen LogP) is 2.89. The van der Waals surface area contributed by atoms with Gasteiger partial charge in [-0.2, -0.15) is 0 Å². The van der Waals surface area contributed by atoms with E-state index in [0.717, 1.165) is 22.8 Å². The molecule has 16 heavy (non-hydrogen) atoms. The highest BCUT2D eigenvalue weighted by Crippen LogP contribution is 2.43. The van der Waals surface area contributed by atoms with Crippen LogP contribution in [0.3, 0.4) is 0 Å². The summed E-state index contributed by atoms with van der Waals surface area (Å²) in [5.74, 6) is 2.27. The molecule has 86 valence electrons. The van der Waals surface area contributed by atoms with Gasteiger partial charge in [0, 0.05) is 0 Å². The van der Waals surface area contributed by atoms with Gasteiger partial charge in [0.25, 0.3) is 0 Å². The Labute approximate surface area is 95.6 Å². The van der Waals surface area contributed by atoms with Crippen LogP contribution in [0.4, 0.5) is 0 Å². The largest absolute Gasteiger partial charge is 0.496 e. The molecular formula is C13H16O3. The standard InChI is InChI=1S/C13H16O3/c1-13(2)8-7-9-10(14-3)5-6-11(15-4)12(9)16-13/h5-8H,1-4H3. The molecular weight excluding hydrogens is 204 g/mol. The van der Waals surface area contributed by atoms with Gasteiger partial charge in [-0.05, 0) is 38.1 Å². The highest BCUT2D eigenvalue weighted by Gasteiger charge is 2.26. The first-order chi connectivity index (χ1) is 7.57. The van der Waals surface area contributed by atoms with E-state index in [2.05, 4.69) is 0 Å². The van der Waals surface area contributed by atoms with E-state index in [-0.39, 0.29) is 5.60 Å². The highest BCUT2D eigenvalue weighted by atomic mass is 16.5. The summed E-state index contributed by atoms with van der Waals surface area (Å²) in [7, 11) is 3.28. The zero-order valence-corrected chi connectivity index (χ0v) is 10.0. The molecule has 0 spiro atoms. The molecule has 0 bridgehead atoms. The normalized spacial score (nSPS) is 16.2. The van der Waals surface area contributed by atoms with E-state index in [1.807, 2.05) is 38.1 Å². The predicted molar refractivity (Wildman–Crippen MR) is 63.3 cm³/mol. The van der Waals surface area contributed by atoms with Crippen molar-refractivity contribution in [2.24, 2.45) is 0 Å². The molecule has 1 aromatic carbocycles. The van der Waals surface area contributed by atoms with Gasteiger partial charge in [-0.1, -0.05) is 0 Å². The first-order valence-electron chi connectivity index (χ1n) is 5.20. The highest BCUT2D eigenvalue weighted by molar-refractivity contribution is 5.71. The summed E-state index contributed by atoms with van der Waals surface area (Å²) in [5, 5.41) is 0. The summed E-state index contributed by atoms with van der Waals surface area (Å²) >= 11 is 0. The Morgan fingerprint density at radius 3 is 2.31 bits per heavy atom. The SMILES string of the molecule is COc1ccc(OC)c2c1C=CC(C)(C)O2. The lowest BCUT2D eigenvalue weighted by Crippen LogP contribution is -2.27. The van der Waals surface area contributed by atoms with Crippen molar-refractivity contribution in [2.45, 2.75) is 19.4 Å². The van der Waals surface area contributed by atoms with Crippen LogP contribution in [-0.2, 0) is 0 Å². The Morgan fingerprint density at radius 2 is 1.69 bits per heavy atom. The molecule has 0 fully saturated rings. The van der Waals surface area contributed by atoms with Crippen LogP contribution in [0.5, 0.6) is 17.2 Å². The number of hydrogen-bond acceptors (Lipinski definition) is 3. The maximum Gasteiger partial charge on any atom is 0.173 e. The molecule has 0 unspecified atom stereocenters. The van der Waals surface area contributed by atoms with E-state index in [9.17, 15) is 0 Å². The molecule has 1 aromatic rings. The third-order valence-corrected chi connectivity index (χ3v) is 2.58. The molecule has 3 nitrogen and oxygen atoms in total. The first kappa shape index (κ1) is 10.9. The number of fused-ring (bicyclic) bond motifs is 1. The van der Waals surface area contributed by atoms with Crippen LogP contribution >= 0.6 is 0 Å². The Hall–Kier alpha value is -1.64. The van der Waals surface area contributed by atoms with Gasteiger partial charge in [-0.15, -0.1) is 0 Å². The molecule has 0 radical (unpaired) electrons. The van der Waals surface area contributed by atoms with Crippen LogP contribution in [0.15, 0.2) is 18.2 Å². The van der Waals surface area contributed by atoms with E-state index < -0.39 is 0 Å². The third kappa shape index (κ3) is 1.73. The van der Waals surface area contributed by atoms with E-state index in [1.54, 1.807) is 14.2 Å². The molecule has 3 heteroatoms. The summed E-state index contributed by atoms with van der Waals surface area (Å²) < 4.78 is 16.5. The molecule has 0 N–H and O–H groups in total. The fourth-order valence-electron chi connectivity index (χ4n) is 1.74. The second-order valence-corrected chi connectivity index (χ2v) is 4.25. The molecule has 0 aliphatic carbocycles. The van der Waals surface area contributed by atoms with Crippen molar-refractivity contribution in [1.29, 1.82) is 0 Å². The van der Waals surface area contributed by atoms with Gasteiger partial charge in [0.1, 0.15) is 11.4 Å². The van der Waals surface area contributed by atoms with E-state index in [4.69, 9.17) is 14.2 Å². The summed E-state index contributed by atoms with van der Waals surface area (Å²) in [6.45, 7) is 4.01. The van der Waals surface area contributed by atoms with Gasteiger partial charge in [0.05, 0.1) is 19.8 Å². The summed E-state index contributed by atoms with van der Waals surface area (Å²) in [6.07, 6.45) is 4.03. The van der Waals surface area contributed by atoms with Crippen molar-refractivity contribution in [1.82, 2.24) is 0 Å². The minimum absolute atomic E-state index is 0.313. The fourth-order valence-corrected chi connectivity index (χ4v) is 1.74. The summed E-state index contributed by atoms with van der Waals surface area (Å²) in [5.41, 5.74) is 0.619. The molecule has 0 aromatic heterocycles. The average molecular weight is 220 g/mol. The monoisotopic (exact) mass is 220 g/mol. The molecule has 0 saturated heterocycles. The van der Waals surface area contributed by atoms with Gasteiger partial charge in [-0.25, -0.2) is 0 Å². The van der Waals surface area contributed by atoms with Gasteiger partial charge in [0.2, 0.25) is 0 Å². The van der Waals surface area contributed by atoms with Crippen LogP contribution < -0.4 is 14.2 Å². The Morgan fingerprint density at radius 1 is 1.06 bits per heavy atom. The Kier molecular flexibility index (Phi) is 2.54. The Bertz CT molecular complexity index is 433. The topological polar surface area (TPSA) is 27.7 Å². The van der Waals surface area contributed by atoms with Crippen LogP contribution in [0, 0.1) is 0 Å². The second-order valence-electron chi connectivity index (χ2n) is 4.25. The van der Waals surface area contributed by atoms with Crippen molar-refractivity contribution in [2.75, 3.05) is 14.2 Å². The van der Waals surface area contributed by atoms with Crippen LogP contribution in [0.25, 0.3) is 6.08 Å². The Balaban J connectivity index is 2.58. The average Bonchev–Trinajstić information content (AvgIpc) is 2.26. The van der Waals surface area contributed by atoms with Gasteiger partial charge < -0.3 is 14.2 Å². The maximum absolute atomic E-state index is 5.89. The molecule has 1 heterocycles. The summed E-state index contributed by atoms with van der Waals surface area (Å²) in [6, 6.07) is 3.73. The molecule has 0 saturated carbocycles. The van der Waals surface area contributed by atoms with Crippen molar-refractivity contribution >= 4 is 6.08 Å². The van der Waals surface area contributed by atoms with Gasteiger partial charge in [0.15, 0.2) is 11.5 Å². The smallest absolute Gasteiger partial charge is 0.173 e. The summed E-state index contributed by atoms with van der Waals surface area (Å²) in [4.78, 5) is 0. The van der Waals surface area contributed by atoms with Crippen LogP contribution in [0.1, 0.15) is 19.4 Å². The van der Waals surface area contributed by atoms with Crippen LogP contribution in [0.2, 0.25) is 0 Å². The van der Waals surface area contributed by atoms with Gasteiger partial charge >= 0.3 is 0 Å². The van der Waals surface area contributed by atoms with Crippen molar-refractivity contribution in [3.8, 4) is 17.2 Å². The van der Waals surface area contributed by atoms with Gasteiger partial charge in [-0.3, -0.25) is 0 Å². The second kappa shape index (κ2) is 3.74.